The van der Waals surface area contributed by atoms with Gasteiger partial charge in [0.1, 0.15) is 5.78 Å². The number of ketones is 1. The molecule has 0 aromatic carbocycles. The van der Waals surface area contributed by atoms with Crippen molar-refractivity contribution in [3.05, 3.63) is 0 Å². The minimum absolute atomic E-state index is 0.0908. The van der Waals surface area contributed by atoms with Gasteiger partial charge in [0.05, 0.1) is 0 Å². The molecule has 0 aromatic rings. The fraction of sp³-hybridized carbons (Fsp3) is 0.917. The van der Waals surface area contributed by atoms with Gasteiger partial charge in [-0.3, -0.25) is 4.79 Å². The summed E-state index contributed by atoms with van der Waals surface area (Å²) < 4.78 is 0. The van der Waals surface area contributed by atoms with Crippen LogP contribution < -0.4 is 5.73 Å². The Bertz CT molecular complexity index is 288. The molecule has 4 aliphatic rings. The molecule has 2 bridgehead atoms. The fourth-order valence-electron chi connectivity index (χ4n) is 4.11. The van der Waals surface area contributed by atoms with Gasteiger partial charge in [-0.1, -0.05) is 6.92 Å². The fourth-order valence-corrected chi connectivity index (χ4v) is 4.11. The summed E-state index contributed by atoms with van der Waals surface area (Å²) >= 11 is 0. The average Bonchev–Trinajstić information content (AvgIpc) is 2.98. The summed E-state index contributed by atoms with van der Waals surface area (Å²) in [6, 6.07) is 0. The zero-order chi connectivity index (χ0) is 9.92. The molecule has 4 aliphatic carbocycles. The molecule has 2 nitrogen and oxygen atoms in total. The molecule has 0 aliphatic heterocycles. The van der Waals surface area contributed by atoms with E-state index in [-0.39, 0.29) is 11.5 Å². The number of nitrogens with two attached hydrogens (primary N) is 1. The Morgan fingerprint density at radius 2 is 2.29 bits per heavy atom. The van der Waals surface area contributed by atoms with E-state index in [1.54, 1.807) is 0 Å². The average molecular weight is 193 g/mol. The van der Waals surface area contributed by atoms with Crippen molar-refractivity contribution in [2.45, 2.75) is 44.6 Å². The van der Waals surface area contributed by atoms with Crippen LogP contribution in [0.25, 0.3) is 0 Å². The predicted molar refractivity (Wildman–Crippen MR) is 54.6 cm³/mol. The monoisotopic (exact) mass is 193 g/mol. The van der Waals surface area contributed by atoms with E-state index < -0.39 is 0 Å². The van der Waals surface area contributed by atoms with Crippen molar-refractivity contribution in [2.75, 3.05) is 0 Å². The van der Waals surface area contributed by atoms with Gasteiger partial charge < -0.3 is 5.73 Å². The summed E-state index contributed by atoms with van der Waals surface area (Å²) in [6.45, 7) is 1.97. The number of hydrogen-bond acceptors (Lipinski definition) is 2. The van der Waals surface area contributed by atoms with Gasteiger partial charge in [-0.05, 0) is 43.4 Å². The molecular formula is C12H19NO. The molecule has 5 unspecified atom stereocenters. The van der Waals surface area contributed by atoms with Gasteiger partial charge in [0.25, 0.3) is 0 Å². The largest absolute Gasteiger partial charge is 0.324 e. The SMILES string of the molecule is CCC(=O)C1CC2CCC1(N)C1CC21. The molecule has 4 fully saturated rings. The lowest BCUT2D eigenvalue weighted by Crippen LogP contribution is -2.59. The Labute approximate surface area is 85.2 Å². The molecule has 4 saturated carbocycles. The Kier molecular flexibility index (Phi) is 1.65. The highest BCUT2D eigenvalue weighted by Gasteiger charge is 2.64. The van der Waals surface area contributed by atoms with Gasteiger partial charge in [0, 0.05) is 17.9 Å². The van der Waals surface area contributed by atoms with E-state index in [4.69, 9.17) is 5.73 Å². The lowest BCUT2D eigenvalue weighted by Gasteiger charge is -2.49. The van der Waals surface area contributed by atoms with Crippen molar-refractivity contribution in [1.29, 1.82) is 0 Å². The first-order chi connectivity index (χ1) is 6.66. The standard InChI is InChI=1S/C12H19NO/c1-2-11(14)10-5-7-3-4-12(10,13)9-6-8(7)9/h7-10H,2-6,13H2,1H3. The predicted octanol–water partition coefficient (Wildman–Crippen LogP) is 1.73. The lowest BCUT2D eigenvalue weighted by molar-refractivity contribution is -0.129. The lowest BCUT2D eigenvalue weighted by atomic mass is 9.59. The van der Waals surface area contributed by atoms with Crippen LogP contribution in [0, 0.1) is 23.7 Å². The highest BCUT2D eigenvalue weighted by molar-refractivity contribution is 5.82. The van der Waals surface area contributed by atoms with Crippen LogP contribution in [0.4, 0.5) is 0 Å². The molecule has 5 atom stereocenters. The van der Waals surface area contributed by atoms with E-state index >= 15 is 0 Å². The third kappa shape index (κ3) is 0.928. The summed E-state index contributed by atoms with van der Waals surface area (Å²) in [6.07, 6.45) is 5.48. The number of rotatable bonds is 2. The van der Waals surface area contributed by atoms with Gasteiger partial charge in [0.2, 0.25) is 0 Å². The molecule has 0 radical (unpaired) electrons. The zero-order valence-corrected chi connectivity index (χ0v) is 8.83. The maximum absolute atomic E-state index is 11.8. The third-order valence-corrected chi connectivity index (χ3v) is 5.01. The second kappa shape index (κ2) is 2.60. The van der Waals surface area contributed by atoms with Crippen LogP contribution in [0.5, 0.6) is 0 Å². The van der Waals surface area contributed by atoms with E-state index in [2.05, 4.69) is 0 Å². The van der Waals surface area contributed by atoms with Crippen LogP contribution in [0.2, 0.25) is 0 Å². The van der Waals surface area contributed by atoms with Crippen LogP contribution in [0.3, 0.4) is 0 Å². The Morgan fingerprint density at radius 1 is 1.50 bits per heavy atom. The highest BCUT2D eigenvalue weighted by Crippen LogP contribution is 2.65. The van der Waals surface area contributed by atoms with Crippen molar-refractivity contribution in [3.8, 4) is 0 Å². The highest BCUT2D eigenvalue weighted by atomic mass is 16.1. The van der Waals surface area contributed by atoms with Crippen molar-refractivity contribution >= 4 is 5.78 Å². The molecule has 4 rings (SSSR count). The van der Waals surface area contributed by atoms with Crippen LogP contribution in [-0.4, -0.2) is 11.3 Å². The first-order valence-electron chi connectivity index (χ1n) is 5.98. The van der Waals surface area contributed by atoms with Crippen LogP contribution in [0.15, 0.2) is 0 Å². The minimum atomic E-state index is -0.0908. The van der Waals surface area contributed by atoms with Crippen LogP contribution in [0.1, 0.15) is 39.0 Å². The molecule has 14 heavy (non-hydrogen) atoms. The summed E-state index contributed by atoms with van der Waals surface area (Å²) in [7, 11) is 0. The molecule has 0 aromatic heterocycles. The Morgan fingerprint density at radius 3 is 3.00 bits per heavy atom. The zero-order valence-electron chi connectivity index (χ0n) is 8.83. The van der Waals surface area contributed by atoms with Gasteiger partial charge in [-0.15, -0.1) is 0 Å². The van der Waals surface area contributed by atoms with Crippen molar-refractivity contribution in [1.82, 2.24) is 0 Å². The number of carbonyl (C=O) groups is 1. The maximum Gasteiger partial charge on any atom is 0.137 e. The van der Waals surface area contributed by atoms with Crippen molar-refractivity contribution in [3.63, 3.8) is 0 Å². The summed E-state index contributed by atoms with van der Waals surface area (Å²) in [5.41, 5.74) is 6.39. The smallest absolute Gasteiger partial charge is 0.137 e. The van der Waals surface area contributed by atoms with Gasteiger partial charge in [-0.2, -0.15) is 0 Å². The van der Waals surface area contributed by atoms with Crippen molar-refractivity contribution in [2.24, 2.45) is 29.4 Å². The van der Waals surface area contributed by atoms with Gasteiger partial charge >= 0.3 is 0 Å². The summed E-state index contributed by atoms with van der Waals surface area (Å²) in [4.78, 5) is 11.8. The van der Waals surface area contributed by atoms with E-state index in [9.17, 15) is 4.79 Å². The van der Waals surface area contributed by atoms with Crippen LogP contribution >= 0.6 is 0 Å². The topological polar surface area (TPSA) is 43.1 Å². The number of fused-ring (bicyclic) bond motifs is 2. The molecule has 0 spiro atoms. The third-order valence-electron chi connectivity index (χ3n) is 5.01. The minimum Gasteiger partial charge on any atom is -0.324 e. The molecular weight excluding hydrogens is 174 g/mol. The quantitative estimate of drug-likeness (QED) is 0.725. The van der Waals surface area contributed by atoms with E-state index in [0.717, 1.165) is 24.7 Å². The Hall–Kier alpha value is -0.370. The molecule has 2 N–H and O–H groups in total. The second-order valence-corrected chi connectivity index (χ2v) is 5.53. The van der Waals surface area contributed by atoms with Gasteiger partial charge in [0.15, 0.2) is 0 Å². The molecule has 2 heteroatoms. The maximum atomic E-state index is 11.8. The second-order valence-electron chi connectivity index (χ2n) is 5.53. The number of carbonyl (C=O) groups excluding carboxylic acids is 1. The van der Waals surface area contributed by atoms with E-state index in [1.807, 2.05) is 6.92 Å². The van der Waals surface area contributed by atoms with E-state index in [0.29, 0.717) is 18.1 Å². The number of Topliss-reactive ketones (excluding diaryl/α,β-unsaturated/α-hetero) is 1. The summed E-state index contributed by atoms with van der Waals surface area (Å²) in [5.74, 6) is 3.06. The Balaban J connectivity index is 1.91. The van der Waals surface area contributed by atoms with Crippen LogP contribution in [-0.2, 0) is 4.79 Å². The molecule has 78 valence electrons. The van der Waals surface area contributed by atoms with Gasteiger partial charge in [-0.25, -0.2) is 0 Å². The van der Waals surface area contributed by atoms with Crippen molar-refractivity contribution < 1.29 is 4.79 Å². The first-order valence-corrected chi connectivity index (χ1v) is 5.98. The molecule has 0 heterocycles. The molecule has 0 saturated heterocycles. The molecule has 0 amide bonds. The number of hydrogen-bond donors (Lipinski definition) is 1. The first kappa shape index (κ1) is 8.90. The summed E-state index contributed by atoms with van der Waals surface area (Å²) in [5, 5.41) is 0. The van der Waals surface area contributed by atoms with E-state index in [1.165, 1.54) is 12.8 Å². The normalized spacial score (nSPS) is 54.1.